The molecule has 0 aliphatic heterocycles. The highest BCUT2D eigenvalue weighted by Gasteiger charge is 2.17. The summed E-state index contributed by atoms with van der Waals surface area (Å²) in [7, 11) is 3.39. The summed E-state index contributed by atoms with van der Waals surface area (Å²) >= 11 is 0. The van der Waals surface area contributed by atoms with E-state index in [0.717, 1.165) is 11.5 Å². The molecule has 0 fully saturated rings. The molecule has 0 N–H and O–H groups in total. The first-order chi connectivity index (χ1) is 14.3. The second-order valence-corrected chi connectivity index (χ2v) is 6.97. The third-order valence-corrected chi connectivity index (χ3v) is 5.25. The minimum absolute atomic E-state index is 0.136. The van der Waals surface area contributed by atoms with Gasteiger partial charge in [-0.25, -0.2) is 0 Å². The van der Waals surface area contributed by atoms with Gasteiger partial charge in [0.05, 0.1) is 14.2 Å². The van der Waals surface area contributed by atoms with Crippen LogP contribution in [0.1, 0.15) is 22.6 Å². The van der Waals surface area contributed by atoms with E-state index in [4.69, 9.17) is 9.47 Å². The molecule has 0 saturated carbocycles. The highest BCUT2D eigenvalue weighted by Crippen LogP contribution is 2.34. The molecule has 0 bridgehead atoms. The molecular formula is C27H24O2. The van der Waals surface area contributed by atoms with Gasteiger partial charge in [-0.15, -0.1) is 0 Å². The Bertz CT molecular complexity index is 987. The summed E-state index contributed by atoms with van der Waals surface area (Å²) in [5.74, 6) is 1.86. The summed E-state index contributed by atoms with van der Waals surface area (Å²) in [5, 5.41) is 0. The first-order valence-electron chi connectivity index (χ1n) is 9.72. The minimum Gasteiger partial charge on any atom is -0.497 e. The van der Waals surface area contributed by atoms with Gasteiger partial charge in [0.2, 0.25) is 0 Å². The Hall–Kier alpha value is -3.52. The van der Waals surface area contributed by atoms with Gasteiger partial charge in [-0.3, -0.25) is 0 Å². The van der Waals surface area contributed by atoms with Crippen LogP contribution >= 0.6 is 0 Å². The maximum atomic E-state index is 5.34. The summed E-state index contributed by atoms with van der Waals surface area (Å²) in [6, 6.07) is 35.9. The molecule has 4 rings (SSSR count). The molecule has 0 aromatic heterocycles. The van der Waals surface area contributed by atoms with Crippen molar-refractivity contribution < 1.29 is 9.47 Å². The predicted octanol–water partition coefficient (Wildman–Crippen LogP) is 6.55. The van der Waals surface area contributed by atoms with Crippen molar-refractivity contribution >= 4 is 0 Å². The molecule has 144 valence electrons. The first-order valence-corrected chi connectivity index (χ1v) is 9.72. The Morgan fingerprint density at radius 1 is 0.448 bits per heavy atom. The topological polar surface area (TPSA) is 18.5 Å². The Kier molecular flexibility index (Phi) is 5.62. The summed E-state index contributed by atoms with van der Waals surface area (Å²) in [6.45, 7) is 0. The lowest BCUT2D eigenvalue weighted by molar-refractivity contribution is 0.414. The van der Waals surface area contributed by atoms with Crippen LogP contribution in [0.5, 0.6) is 11.5 Å². The van der Waals surface area contributed by atoms with Gasteiger partial charge in [0, 0.05) is 5.92 Å². The number of benzene rings is 4. The van der Waals surface area contributed by atoms with Crippen molar-refractivity contribution in [3.05, 3.63) is 120 Å². The van der Waals surface area contributed by atoms with Crippen LogP contribution in [0.2, 0.25) is 0 Å². The monoisotopic (exact) mass is 380 g/mol. The molecular weight excluding hydrogens is 356 g/mol. The van der Waals surface area contributed by atoms with Crippen molar-refractivity contribution in [1.82, 2.24) is 0 Å². The Balaban J connectivity index is 1.74. The fourth-order valence-electron chi connectivity index (χ4n) is 3.67. The van der Waals surface area contributed by atoms with Crippen molar-refractivity contribution in [3.63, 3.8) is 0 Å². The maximum absolute atomic E-state index is 5.34. The van der Waals surface area contributed by atoms with Crippen molar-refractivity contribution in [3.8, 4) is 22.6 Å². The summed E-state index contributed by atoms with van der Waals surface area (Å²) in [6.07, 6.45) is 0. The van der Waals surface area contributed by atoms with Gasteiger partial charge < -0.3 is 9.47 Å². The second kappa shape index (κ2) is 8.66. The fourth-order valence-corrected chi connectivity index (χ4v) is 3.67. The average molecular weight is 380 g/mol. The van der Waals surface area contributed by atoms with Gasteiger partial charge in [0.25, 0.3) is 0 Å². The summed E-state index contributed by atoms with van der Waals surface area (Å²) in [5.41, 5.74) is 6.15. The van der Waals surface area contributed by atoms with Gasteiger partial charge in [-0.1, -0.05) is 78.9 Å². The van der Waals surface area contributed by atoms with Gasteiger partial charge in [-0.2, -0.15) is 0 Å². The van der Waals surface area contributed by atoms with E-state index >= 15 is 0 Å². The molecule has 0 saturated heterocycles. The largest absolute Gasteiger partial charge is 0.497 e. The molecule has 0 amide bonds. The zero-order chi connectivity index (χ0) is 20.1. The average Bonchev–Trinajstić information content (AvgIpc) is 2.81. The van der Waals surface area contributed by atoms with Crippen LogP contribution in [0.15, 0.2) is 103 Å². The normalized spacial score (nSPS) is 10.7. The van der Waals surface area contributed by atoms with Gasteiger partial charge in [0.15, 0.2) is 0 Å². The molecule has 0 radical (unpaired) electrons. The fraction of sp³-hybridized carbons (Fsp3) is 0.111. The molecule has 0 aliphatic rings. The lowest BCUT2D eigenvalue weighted by Gasteiger charge is -2.20. The SMILES string of the molecule is COc1ccc(C(c2ccc(OC)cc2)c2ccc(-c3ccccc3)cc2)cc1. The van der Waals surface area contributed by atoms with Crippen molar-refractivity contribution in [2.75, 3.05) is 14.2 Å². The van der Waals surface area contributed by atoms with Crippen LogP contribution < -0.4 is 9.47 Å². The molecule has 29 heavy (non-hydrogen) atoms. The van der Waals surface area contributed by atoms with Crippen molar-refractivity contribution in [1.29, 1.82) is 0 Å². The predicted molar refractivity (Wildman–Crippen MR) is 119 cm³/mol. The van der Waals surface area contributed by atoms with Crippen LogP contribution in [0.4, 0.5) is 0 Å². The van der Waals surface area contributed by atoms with E-state index in [1.54, 1.807) is 14.2 Å². The molecule has 2 nitrogen and oxygen atoms in total. The van der Waals surface area contributed by atoms with E-state index in [1.165, 1.54) is 27.8 Å². The van der Waals surface area contributed by atoms with E-state index in [-0.39, 0.29) is 5.92 Å². The van der Waals surface area contributed by atoms with Gasteiger partial charge in [0.1, 0.15) is 11.5 Å². The van der Waals surface area contributed by atoms with Crippen LogP contribution in [-0.4, -0.2) is 14.2 Å². The molecule has 0 heterocycles. The summed E-state index contributed by atoms with van der Waals surface area (Å²) < 4.78 is 10.7. The number of methoxy groups -OCH3 is 2. The smallest absolute Gasteiger partial charge is 0.118 e. The van der Waals surface area contributed by atoms with E-state index < -0.39 is 0 Å². The molecule has 0 spiro atoms. The summed E-state index contributed by atoms with van der Waals surface area (Å²) in [4.78, 5) is 0. The number of ether oxygens (including phenoxy) is 2. The molecule has 4 aromatic carbocycles. The van der Waals surface area contributed by atoms with E-state index in [0.29, 0.717) is 0 Å². The lowest BCUT2D eigenvalue weighted by Crippen LogP contribution is -2.03. The second-order valence-electron chi connectivity index (χ2n) is 6.97. The number of hydrogen-bond donors (Lipinski definition) is 0. The van der Waals surface area contributed by atoms with Crippen LogP contribution in [0, 0.1) is 0 Å². The molecule has 0 aliphatic carbocycles. The number of rotatable bonds is 6. The zero-order valence-corrected chi connectivity index (χ0v) is 16.7. The van der Waals surface area contributed by atoms with Crippen LogP contribution in [0.25, 0.3) is 11.1 Å². The van der Waals surface area contributed by atoms with Gasteiger partial charge in [-0.05, 0) is 52.1 Å². The minimum atomic E-state index is 0.136. The van der Waals surface area contributed by atoms with Crippen LogP contribution in [0.3, 0.4) is 0 Å². The number of hydrogen-bond acceptors (Lipinski definition) is 2. The highest BCUT2D eigenvalue weighted by molar-refractivity contribution is 5.64. The molecule has 0 unspecified atom stereocenters. The van der Waals surface area contributed by atoms with Crippen molar-refractivity contribution in [2.45, 2.75) is 5.92 Å². The highest BCUT2D eigenvalue weighted by atomic mass is 16.5. The maximum Gasteiger partial charge on any atom is 0.118 e. The molecule has 4 aromatic rings. The third kappa shape index (κ3) is 4.17. The van der Waals surface area contributed by atoms with Crippen molar-refractivity contribution in [2.24, 2.45) is 0 Å². The Morgan fingerprint density at radius 3 is 1.24 bits per heavy atom. The first kappa shape index (κ1) is 18.8. The van der Waals surface area contributed by atoms with E-state index in [9.17, 15) is 0 Å². The Morgan fingerprint density at radius 2 is 0.828 bits per heavy atom. The molecule has 0 atom stereocenters. The quantitative estimate of drug-likeness (QED) is 0.353. The Labute approximate surface area is 172 Å². The third-order valence-electron chi connectivity index (χ3n) is 5.25. The molecule has 2 heteroatoms. The lowest BCUT2D eigenvalue weighted by atomic mass is 9.84. The standard InChI is InChI=1S/C27H24O2/c1-28-25-16-12-23(13-17-25)27(24-14-18-26(29-2)19-15-24)22-10-8-21(9-11-22)20-6-4-3-5-7-20/h3-19,27H,1-2H3. The van der Waals surface area contributed by atoms with E-state index in [1.807, 2.05) is 30.3 Å². The van der Waals surface area contributed by atoms with E-state index in [2.05, 4.69) is 72.8 Å². The van der Waals surface area contributed by atoms with Gasteiger partial charge >= 0.3 is 0 Å². The van der Waals surface area contributed by atoms with Crippen LogP contribution in [-0.2, 0) is 0 Å². The zero-order valence-electron chi connectivity index (χ0n) is 16.7.